The molecule has 0 heterocycles. The maximum absolute atomic E-state index is 14.2. The van der Waals surface area contributed by atoms with Gasteiger partial charge >= 0.3 is 5.97 Å². The van der Waals surface area contributed by atoms with E-state index in [0.29, 0.717) is 12.8 Å². The van der Waals surface area contributed by atoms with Gasteiger partial charge in [-0.1, -0.05) is 31.4 Å². The number of carbonyl (C=O) groups excluding carboxylic acids is 1. The highest BCUT2D eigenvalue weighted by molar-refractivity contribution is 5.96. The van der Waals surface area contributed by atoms with E-state index in [1.165, 1.54) is 19.1 Å². The number of hydrogen-bond donors (Lipinski definition) is 2. The van der Waals surface area contributed by atoms with Gasteiger partial charge in [0.15, 0.2) is 11.6 Å². The zero-order chi connectivity index (χ0) is 16.3. The Hall–Kier alpha value is -1.98. The van der Waals surface area contributed by atoms with E-state index in [1.54, 1.807) is 0 Å². The molecular formula is C16H19F2NO3. The first-order chi connectivity index (χ1) is 10.4. The van der Waals surface area contributed by atoms with E-state index in [9.17, 15) is 18.4 Å². The van der Waals surface area contributed by atoms with Crippen molar-refractivity contribution in [3.05, 3.63) is 35.4 Å². The third-order valence-corrected chi connectivity index (χ3v) is 4.30. The Morgan fingerprint density at radius 3 is 2.45 bits per heavy atom. The zero-order valence-corrected chi connectivity index (χ0v) is 12.4. The third-order valence-electron chi connectivity index (χ3n) is 4.30. The molecule has 1 aliphatic carbocycles. The monoisotopic (exact) mass is 311 g/mol. The minimum absolute atomic E-state index is 0.0955. The van der Waals surface area contributed by atoms with E-state index in [1.807, 2.05) is 0 Å². The molecule has 0 bridgehead atoms. The zero-order valence-electron chi connectivity index (χ0n) is 12.4. The molecule has 1 unspecified atom stereocenters. The summed E-state index contributed by atoms with van der Waals surface area (Å²) in [6.45, 7) is 1.27. The fraction of sp³-hybridized carbons (Fsp3) is 0.500. The lowest BCUT2D eigenvalue weighted by Crippen LogP contribution is -2.50. The van der Waals surface area contributed by atoms with Crippen LogP contribution in [0.1, 0.15) is 44.6 Å². The molecule has 120 valence electrons. The van der Waals surface area contributed by atoms with Gasteiger partial charge in [0.2, 0.25) is 5.91 Å². The van der Waals surface area contributed by atoms with E-state index >= 15 is 0 Å². The maximum atomic E-state index is 14.2. The average molecular weight is 311 g/mol. The number of rotatable bonds is 4. The quantitative estimate of drug-likeness (QED) is 0.840. The summed E-state index contributed by atoms with van der Waals surface area (Å²) in [6, 6.07) is 3.88. The largest absolute Gasteiger partial charge is 0.481 e. The minimum atomic E-state index is -1.25. The van der Waals surface area contributed by atoms with Crippen molar-refractivity contribution in [3.63, 3.8) is 0 Å². The highest BCUT2D eigenvalue weighted by atomic mass is 19.2. The van der Waals surface area contributed by atoms with Gasteiger partial charge in [0.1, 0.15) is 5.92 Å². The van der Waals surface area contributed by atoms with E-state index in [4.69, 9.17) is 5.11 Å². The second-order valence-corrected chi connectivity index (χ2v) is 5.79. The Balaban J connectivity index is 2.38. The molecule has 1 saturated carbocycles. The van der Waals surface area contributed by atoms with Crippen molar-refractivity contribution in [2.45, 2.75) is 44.6 Å². The van der Waals surface area contributed by atoms with Crippen LogP contribution in [0.25, 0.3) is 0 Å². The van der Waals surface area contributed by atoms with Crippen LogP contribution in [0, 0.1) is 17.6 Å². The number of amides is 1. The highest BCUT2D eigenvalue weighted by Gasteiger charge is 2.39. The molecule has 0 spiro atoms. The van der Waals surface area contributed by atoms with E-state index in [2.05, 4.69) is 5.32 Å². The number of benzene rings is 1. The van der Waals surface area contributed by atoms with Crippen molar-refractivity contribution in [2.24, 2.45) is 5.92 Å². The molecule has 1 atom stereocenters. The van der Waals surface area contributed by atoms with Gasteiger partial charge in [-0.15, -0.1) is 0 Å². The van der Waals surface area contributed by atoms with Crippen molar-refractivity contribution in [2.75, 3.05) is 0 Å². The van der Waals surface area contributed by atoms with Gasteiger partial charge in [-0.3, -0.25) is 9.59 Å². The molecule has 4 nitrogen and oxygen atoms in total. The summed E-state index contributed by atoms with van der Waals surface area (Å²) in [4.78, 5) is 23.1. The summed E-state index contributed by atoms with van der Waals surface area (Å²) in [5.41, 5.74) is -0.941. The van der Waals surface area contributed by atoms with Crippen LogP contribution in [0.5, 0.6) is 0 Å². The highest BCUT2D eigenvalue weighted by Crippen LogP contribution is 2.39. The first kappa shape index (κ1) is 16.4. The number of halogens is 2. The summed E-state index contributed by atoms with van der Waals surface area (Å²) in [7, 11) is 0. The van der Waals surface area contributed by atoms with Gasteiger partial charge in [-0.25, -0.2) is 8.78 Å². The molecule has 0 aliphatic heterocycles. The van der Waals surface area contributed by atoms with Crippen LogP contribution < -0.4 is 5.32 Å². The summed E-state index contributed by atoms with van der Waals surface area (Å²) in [5, 5.41) is 11.6. The lowest BCUT2D eigenvalue weighted by Gasteiger charge is -2.39. The summed E-state index contributed by atoms with van der Waals surface area (Å²) < 4.78 is 27.7. The Bertz CT molecular complexity index is 583. The SMILES string of the molecule is CC(C(=O)O)C(=O)NC1(c2cccc(F)c2F)CCCCC1. The molecule has 0 radical (unpaired) electrons. The second-order valence-electron chi connectivity index (χ2n) is 5.79. The fourth-order valence-electron chi connectivity index (χ4n) is 2.95. The molecule has 0 aromatic heterocycles. The van der Waals surface area contributed by atoms with Gasteiger partial charge in [-0.2, -0.15) is 0 Å². The molecule has 1 aromatic carbocycles. The van der Waals surface area contributed by atoms with Crippen LogP contribution in [0.15, 0.2) is 18.2 Å². The molecule has 1 aromatic rings. The van der Waals surface area contributed by atoms with Crippen molar-refractivity contribution < 1.29 is 23.5 Å². The van der Waals surface area contributed by atoms with Gasteiger partial charge in [0.25, 0.3) is 0 Å². The Kier molecular flexibility index (Phi) is 4.78. The van der Waals surface area contributed by atoms with Crippen molar-refractivity contribution in [1.29, 1.82) is 0 Å². The molecule has 22 heavy (non-hydrogen) atoms. The summed E-state index contributed by atoms with van der Waals surface area (Å²) in [6.07, 6.45) is 3.40. The predicted molar refractivity (Wildman–Crippen MR) is 76.1 cm³/mol. The van der Waals surface area contributed by atoms with Crippen LogP contribution in [0.2, 0.25) is 0 Å². The minimum Gasteiger partial charge on any atom is -0.481 e. The molecular weight excluding hydrogens is 292 g/mol. The number of hydrogen-bond acceptors (Lipinski definition) is 2. The van der Waals surface area contributed by atoms with Crippen LogP contribution in [0.4, 0.5) is 8.78 Å². The Morgan fingerprint density at radius 2 is 1.86 bits per heavy atom. The number of aliphatic carboxylic acids is 1. The third kappa shape index (κ3) is 3.10. The summed E-state index contributed by atoms with van der Waals surface area (Å²) >= 11 is 0. The van der Waals surface area contributed by atoms with E-state index in [0.717, 1.165) is 25.3 Å². The average Bonchev–Trinajstić information content (AvgIpc) is 2.49. The lowest BCUT2D eigenvalue weighted by atomic mass is 9.76. The van der Waals surface area contributed by atoms with Gasteiger partial charge in [0, 0.05) is 5.56 Å². The lowest BCUT2D eigenvalue weighted by molar-refractivity contribution is -0.147. The van der Waals surface area contributed by atoms with E-state index in [-0.39, 0.29) is 5.56 Å². The number of carboxylic acid groups (broad SMARTS) is 1. The molecule has 1 fully saturated rings. The number of carboxylic acids is 1. The van der Waals surface area contributed by atoms with Gasteiger partial charge in [0.05, 0.1) is 5.54 Å². The molecule has 1 aliphatic rings. The van der Waals surface area contributed by atoms with Gasteiger partial charge < -0.3 is 10.4 Å². The normalized spacial score (nSPS) is 18.5. The Morgan fingerprint density at radius 1 is 1.23 bits per heavy atom. The van der Waals surface area contributed by atoms with Crippen LogP contribution >= 0.6 is 0 Å². The van der Waals surface area contributed by atoms with Crippen LogP contribution in [-0.2, 0) is 15.1 Å². The topological polar surface area (TPSA) is 66.4 Å². The Labute approximate surface area is 127 Å². The summed E-state index contributed by atoms with van der Waals surface area (Å²) in [5.74, 6) is -5.12. The molecule has 2 rings (SSSR count). The molecule has 1 amide bonds. The fourth-order valence-corrected chi connectivity index (χ4v) is 2.95. The number of carbonyl (C=O) groups is 2. The van der Waals surface area contributed by atoms with Crippen molar-refractivity contribution in [1.82, 2.24) is 5.32 Å². The standard InChI is InChI=1S/C16H19F2NO3/c1-10(15(21)22)14(20)19-16(8-3-2-4-9-16)11-6-5-7-12(17)13(11)18/h5-7,10H,2-4,8-9H2,1H3,(H,19,20)(H,21,22). The van der Waals surface area contributed by atoms with Crippen LogP contribution in [0.3, 0.4) is 0 Å². The smallest absolute Gasteiger partial charge is 0.315 e. The molecule has 6 heteroatoms. The number of nitrogens with one attached hydrogen (secondary N) is 1. The maximum Gasteiger partial charge on any atom is 0.315 e. The second kappa shape index (κ2) is 6.42. The molecule has 0 saturated heterocycles. The first-order valence-corrected chi connectivity index (χ1v) is 7.37. The first-order valence-electron chi connectivity index (χ1n) is 7.37. The van der Waals surface area contributed by atoms with Gasteiger partial charge in [-0.05, 0) is 25.8 Å². The molecule has 2 N–H and O–H groups in total. The van der Waals surface area contributed by atoms with Crippen molar-refractivity contribution in [3.8, 4) is 0 Å². The van der Waals surface area contributed by atoms with Crippen LogP contribution in [-0.4, -0.2) is 17.0 Å². The van der Waals surface area contributed by atoms with E-state index < -0.39 is 35.0 Å². The predicted octanol–water partition coefficient (Wildman–Crippen LogP) is 2.96. The van der Waals surface area contributed by atoms with Crippen molar-refractivity contribution >= 4 is 11.9 Å².